The Morgan fingerprint density at radius 2 is 2.04 bits per heavy atom. The van der Waals surface area contributed by atoms with E-state index in [1.54, 1.807) is 19.2 Å². The number of aliphatic hydroxyl groups is 1. The van der Waals surface area contributed by atoms with E-state index in [9.17, 15) is 0 Å². The van der Waals surface area contributed by atoms with Crippen LogP contribution in [-0.4, -0.2) is 29.0 Å². The van der Waals surface area contributed by atoms with Crippen LogP contribution in [0.15, 0.2) is 48.7 Å². The third-order valence-electron chi connectivity index (χ3n) is 3.01. The van der Waals surface area contributed by atoms with Crippen LogP contribution in [0.1, 0.15) is 31.5 Å². The number of nitrogen functional groups attached to an aromatic ring is 1. The molecular weight excluding hydrogens is 300 g/mol. The van der Waals surface area contributed by atoms with Gasteiger partial charge in [-0.25, -0.2) is 0 Å². The topological polar surface area (TPSA) is 95.0 Å². The highest BCUT2D eigenvalue weighted by Gasteiger charge is 2.06. The van der Waals surface area contributed by atoms with Gasteiger partial charge in [0.1, 0.15) is 0 Å². The van der Waals surface area contributed by atoms with Crippen LogP contribution in [0.3, 0.4) is 0 Å². The third-order valence-corrected chi connectivity index (χ3v) is 3.01. The zero-order valence-corrected chi connectivity index (χ0v) is 14.3. The van der Waals surface area contributed by atoms with E-state index < -0.39 is 0 Å². The molecule has 2 rings (SSSR count). The number of nitrogens with one attached hydrogen (secondary N) is 2. The number of aliphatic hydroxyl groups excluding tert-OH is 1. The van der Waals surface area contributed by atoms with Crippen molar-refractivity contribution in [2.45, 2.75) is 20.3 Å². The maximum Gasteiger partial charge on any atom is 0.0633 e. The second kappa shape index (κ2) is 11.0. The second-order valence-corrected chi connectivity index (χ2v) is 5.05. The van der Waals surface area contributed by atoms with Gasteiger partial charge in [-0.2, -0.15) is 0 Å². The number of anilines is 2. The molecule has 0 unspecified atom stereocenters. The fourth-order valence-electron chi connectivity index (χ4n) is 1.94. The van der Waals surface area contributed by atoms with Crippen molar-refractivity contribution in [2.24, 2.45) is 0 Å². The Kier molecular flexibility index (Phi) is 8.86. The number of allylic oxidation sites excluding steroid dienone is 1. The molecule has 0 radical (unpaired) electrons. The van der Waals surface area contributed by atoms with Gasteiger partial charge in [-0.3, -0.25) is 4.98 Å². The summed E-state index contributed by atoms with van der Waals surface area (Å²) < 4.78 is 0. The minimum absolute atomic E-state index is 0.250. The predicted octanol–water partition coefficient (Wildman–Crippen LogP) is 3.57. The van der Waals surface area contributed by atoms with Crippen molar-refractivity contribution in [3.8, 4) is 0 Å². The maximum absolute atomic E-state index is 8.23. The van der Waals surface area contributed by atoms with Gasteiger partial charge < -0.3 is 21.6 Å². The highest BCUT2D eigenvalue weighted by molar-refractivity contribution is 6.12. The van der Waals surface area contributed by atoms with Gasteiger partial charge in [0, 0.05) is 36.3 Å². The SMILES string of the molecule is CCCNc1cc(N)ccc1C(=N)/C=C/c1ccccn1.CCO. The Bertz CT molecular complexity index is 654. The number of nitrogens with two attached hydrogens (primary N) is 1. The monoisotopic (exact) mass is 326 g/mol. The average molecular weight is 326 g/mol. The van der Waals surface area contributed by atoms with Crippen LogP contribution in [0.4, 0.5) is 11.4 Å². The molecule has 24 heavy (non-hydrogen) atoms. The van der Waals surface area contributed by atoms with Crippen molar-refractivity contribution in [2.75, 3.05) is 24.2 Å². The average Bonchev–Trinajstić information content (AvgIpc) is 2.59. The van der Waals surface area contributed by atoms with Crippen LogP contribution >= 0.6 is 0 Å². The summed E-state index contributed by atoms with van der Waals surface area (Å²) in [7, 11) is 0. The molecule has 128 valence electrons. The first-order valence-electron chi connectivity index (χ1n) is 8.04. The van der Waals surface area contributed by atoms with Crippen molar-refractivity contribution in [3.63, 3.8) is 0 Å². The Hall–Kier alpha value is -2.66. The van der Waals surface area contributed by atoms with E-state index in [4.69, 9.17) is 16.2 Å². The van der Waals surface area contributed by atoms with Crippen LogP contribution in [0.2, 0.25) is 0 Å². The molecule has 0 spiro atoms. The molecular formula is C19H26N4O. The van der Waals surface area contributed by atoms with E-state index in [0.29, 0.717) is 11.4 Å². The van der Waals surface area contributed by atoms with Gasteiger partial charge in [0.2, 0.25) is 0 Å². The lowest BCUT2D eigenvalue weighted by molar-refractivity contribution is 0.318. The standard InChI is InChI=1S/C17H20N4.C2H6O/c1-2-10-21-17-12-13(18)6-8-15(17)16(19)9-7-14-5-3-4-11-20-14;1-2-3/h3-9,11-12,19,21H,2,10,18H2,1H3;3H,2H2,1H3/b9-7+,19-16?;. The highest BCUT2D eigenvalue weighted by Crippen LogP contribution is 2.20. The zero-order valence-electron chi connectivity index (χ0n) is 14.3. The fraction of sp³-hybridized carbons (Fsp3) is 0.263. The first-order valence-corrected chi connectivity index (χ1v) is 8.04. The van der Waals surface area contributed by atoms with Crippen LogP contribution in [0, 0.1) is 5.41 Å². The molecule has 5 N–H and O–H groups in total. The Morgan fingerprint density at radius 1 is 1.29 bits per heavy atom. The Morgan fingerprint density at radius 3 is 2.67 bits per heavy atom. The summed E-state index contributed by atoms with van der Waals surface area (Å²) in [6, 6.07) is 11.3. The number of nitrogens with zero attached hydrogens (tertiary/aromatic N) is 1. The molecule has 0 bridgehead atoms. The molecule has 0 amide bonds. The maximum atomic E-state index is 8.23. The molecule has 2 aromatic rings. The lowest BCUT2D eigenvalue weighted by Crippen LogP contribution is -2.07. The number of pyridine rings is 1. The van der Waals surface area contributed by atoms with Crippen molar-refractivity contribution >= 4 is 23.2 Å². The van der Waals surface area contributed by atoms with Gasteiger partial charge in [0.25, 0.3) is 0 Å². The number of aromatic nitrogens is 1. The summed E-state index contributed by atoms with van der Waals surface area (Å²) in [5.41, 5.74) is 9.52. The normalized spacial score (nSPS) is 10.1. The van der Waals surface area contributed by atoms with Gasteiger partial charge in [0.15, 0.2) is 0 Å². The van der Waals surface area contributed by atoms with Gasteiger partial charge in [-0.1, -0.05) is 13.0 Å². The molecule has 0 aliphatic rings. The summed E-state index contributed by atoms with van der Waals surface area (Å²) in [5, 5.41) is 19.1. The van der Waals surface area contributed by atoms with Crippen molar-refractivity contribution in [3.05, 3.63) is 59.9 Å². The zero-order chi connectivity index (χ0) is 17.8. The second-order valence-electron chi connectivity index (χ2n) is 5.05. The van der Waals surface area contributed by atoms with Crippen LogP contribution in [-0.2, 0) is 0 Å². The molecule has 1 aromatic carbocycles. The van der Waals surface area contributed by atoms with E-state index in [2.05, 4.69) is 17.2 Å². The highest BCUT2D eigenvalue weighted by atomic mass is 16.2. The molecule has 1 heterocycles. The van der Waals surface area contributed by atoms with Gasteiger partial charge in [-0.05, 0) is 55.8 Å². The van der Waals surface area contributed by atoms with Crippen LogP contribution < -0.4 is 11.1 Å². The van der Waals surface area contributed by atoms with Gasteiger partial charge in [-0.15, -0.1) is 0 Å². The summed E-state index contributed by atoms with van der Waals surface area (Å²) in [6.07, 6.45) is 6.35. The summed E-state index contributed by atoms with van der Waals surface area (Å²) in [5.74, 6) is 0. The number of rotatable bonds is 6. The molecule has 0 atom stereocenters. The molecule has 0 fully saturated rings. The first kappa shape index (κ1) is 19.4. The molecule has 0 saturated heterocycles. The van der Waals surface area contributed by atoms with E-state index in [1.165, 1.54) is 0 Å². The van der Waals surface area contributed by atoms with Gasteiger partial charge in [0.05, 0.1) is 11.4 Å². The molecule has 0 aliphatic carbocycles. The number of hydrogen-bond donors (Lipinski definition) is 4. The van der Waals surface area contributed by atoms with Crippen molar-refractivity contribution in [1.82, 2.24) is 4.98 Å². The lowest BCUT2D eigenvalue weighted by Gasteiger charge is -2.11. The van der Waals surface area contributed by atoms with E-state index >= 15 is 0 Å². The van der Waals surface area contributed by atoms with E-state index in [0.717, 1.165) is 29.9 Å². The molecule has 0 aliphatic heterocycles. The summed E-state index contributed by atoms with van der Waals surface area (Å²) in [6.45, 7) is 4.89. The summed E-state index contributed by atoms with van der Waals surface area (Å²) in [4.78, 5) is 4.21. The molecule has 1 aromatic heterocycles. The largest absolute Gasteiger partial charge is 0.399 e. The minimum atomic E-state index is 0.250. The predicted molar refractivity (Wildman–Crippen MR) is 102 cm³/mol. The van der Waals surface area contributed by atoms with Crippen LogP contribution in [0.5, 0.6) is 0 Å². The van der Waals surface area contributed by atoms with E-state index in [-0.39, 0.29) is 6.61 Å². The number of benzene rings is 1. The van der Waals surface area contributed by atoms with Crippen molar-refractivity contribution in [1.29, 1.82) is 5.41 Å². The first-order chi connectivity index (χ1) is 11.6. The Balaban J connectivity index is 0.000000891. The van der Waals surface area contributed by atoms with Crippen molar-refractivity contribution < 1.29 is 5.11 Å². The minimum Gasteiger partial charge on any atom is -0.399 e. The third kappa shape index (κ3) is 6.62. The smallest absolute Gasteiger partial charge is 0.0633 e. The quantitative estimate of drug-likeness (QED) is 0.482. The molecule has 0 saturated carbocycles. The van der Waals surface area contributed by atoms with Crippen LogP contribution in [0.25, 0.3) is 6.08 Å². The van der Waals surface area contributed by atoms with Gasteiger partial charge >= 0.3 is 0 Å². The Labute approximate surface area is 143 Å². The lowest BCUT2D eigenvalue weighted by atomic mass is 10.1. The molecule has 5 heteroatoms. The summed E-state index contributed by atoms with van der Waals surface area (Å²) >= 11 is 0. The number of hydrogen-bond acceptors (Lipinski definition) is 5. The fourth-order valence-corrected chi connectivity index (χ4v) is 1.94. The van der Waals surface area contributed by atoms with E-state index in [1.807, 2.05) is 42.5 Å². The molecule has 5 nitrogen and oxygen atoms in total.